The second kappa shape index (κ2) is 13.6. The molecular weight excluding hydrogens is 885 g/mol. The molecule has 0 radical (unpaired) electrons. The van der Waals surface area contributed by atoms with Crippen LogP contribution in [0.1, 0.15) is 0 Å². The number of hydrogen-bond donors (Lipinski definition) is 0. The first-order chi connectivity index (χ1) is 34.8. The van der Waals surface area contributed by atoms with E-state index in [-0.39, 0.29) is 0 Å². The van der Waals surface area contributed by atoms with E-state index in [1.807, 2.05) is 22.7 Å². The molecule has 0 aliphatic carbocycles. The molecule has 6 aromatic heterocycles. The SMILES string of the molecule is c1ccc(-c2ccccc2-c2ccc3c4c5sc6ccccc6c5ccc4n4c5cc6c7c(-c8ccccc8-c8ccccc8)ccc8c9c%10sc%11ccccc%11c%10ccc9n(c6cc5c2c34)c87)cc1. The Kier molecular flexibility index (Phi) is 7.26. The summed E-state index contributed by atoms with van der Waals surface area (Å²) in [6, 6.07) is 82.0. The van der Waals surface area contributed by atoms with E-state index in [4.69, 9.17) is 0 Å². The molecule has 0 unspecified atom stereocenters. The van der Waals surface area contributed by atoms with E-state index in [0.29, 0.717) is 0 Å². The van der Waals surface area contributed by atoms with Crippen LogP contribution < -0.4 is 0 Å². The number of benzene rings is 11. The smallest absolute Gasteiger partial charge is 0.0627 e. The average Bonchev–Trinajstić information content (AvgIpc) is 4.27. The Hall–Kier alpha value is -8.54. The van der Waals surface area contributed by atoms with Gasteiger partial charge in [-0.15, -0.1) is 22.7 Å². The second-order valence-corrected chi connectivity index (χ2v) is 21.1. The summed E-state index contributed by atoms with van der Waals surface area (Å²) in [6.07, 6.45) is 0. The Morgan fingerprint density at radius 1 is 0.243 bits per heavy atom. The van der Waals surface area contributed by atoms with Gasteiger partial charge >= 0.3 is 0 Å². The monoisotopic (exact) mass is 920 g/mol. The predicted octanol–water partition coefficient (Wildman–Crippen LogP) is 19.4. The fourth-order valence-corrected chi connectivity index (χ4v) is 15.3. The maximum Gasteiger partial charge on any atom is 0.0627 e. The highest BCUT2D eigenvalue weighted by molar-refractivity contribution is 7.27. The minimum Gasteiger partial charge on any atom is -0.308 e. The number of aromatic nitrogens is 2. The van der Waals surface area contributed by atoms with Crippen LogP contribution in [0, 0.1) is 0 Å². The van der Waals surface area contributed by atoms with E-state index in [1.165, 1.54) is 161 Å². The molecule has 0 bridgehead atoms. The zero-order chi connectivity index (χ0) is 45.3. The van der Waals surface area contributed by atoms with Crippen LogP contribution in [0.25, 0.3) is 161 Å². The summed E-state index contributed by atoms with van der Waals surface area (Å²) >= 11 is 3.85. The molecule has 0 aliphatic rings. The van der Waals surface area contributed by atoms with Gasteiger partial charge in [0.25, 0.3) is 0 Å². The summed E-state index contributed by atoms with van der Waals surface area (Å²) in [6.45, 7) is 0. The third kappa shape index (κ3) is 4.72. The Morgan fingerprint density at radius 2 is 0.629 bits per heavy atom. The van der Waals surface area contributed by atoms with E-state index in [9.17, 15) is 0 Å². The largest absolute Gasteiger partial charge is 0.308 e. The molecule has 0 fully saturated rings. The van der Waals surface area contributed by atoms with Crippen molar-refractivity contribution < 1.29 is 0 Å². The molecular formula is C66H36N2S2. The molecule has 4 heteroatoms. The highest BCUT2D eigenvalue weighted by Crippen LogP contribution is 2.53. The van der Waals surface area contributed by atoms with Crippen LogP contribution in [0.2, 0.25) is 0 Å². The molecule has 11 aromatic carbocycles. The molecule has 0 saturated carbocycles. The van der Waals surface area contributed by atoms with Crippen molar-refractivity contribution in [3.8, 4) is 44.5 Å². The molecule has 0 aliphatic heterocycles. The highest BCUT2D eigenvalue weighted by Gasteiger charge is 2.28. The van der Waals surface area contributed by atoms with Crippen molar-refractivity contribution in [3.63, 3.8) is 0 Å². The Bertz CT molecular complexity index is 4730. The van der Waals surface area contributed by atoms with Gasteiger partial charge in [-0.25, -0.2) is 0 Å². The lowest BCUT2D eigenvalue weighted by Crippen LogP contribution is -1.87. The lowest BCUT2D eigenvalue weighted by molar-refractivity contribution is 1.36. The number of rotatable bonds is 4. The number of nitrogens with zero attached hydrogens (tertiary/aromatic N) is 2. The lowest BCUT2D eigenvalue weighted by Gasteiger charge is -2.13. The summed E-state index contributed by atoms with van der Waals surface area (Å²) in [4.78, 5) is 0. The minimum atomic E-state index is 1.22. The Morgan fingerprint density at radius 3 is 1.09 bits per heavy atom. The topological polar surface area (TPSA) is 8.82 Å². The van der Waals surface area contributed by atoms with Crippen molar-refractivity contribution in [1.29, 1.82) is 0 Å². The molecule has 2 nitrogen and oxygen atoms in total. The summed E-state index contributed by atoms with van der Waals surface area (Å²) < 4.78 is 10.6. The number of fused-ring (bicyclic) bond motifs is 20. The van der Waals surface area contributed by atoms with Gasteiger partial charge in [-0.1, -0.05) is 182 Å². The molecule has 0 amide bonds. The van der Waals surface area contributed by atoms with Crippen molar-refractivity contribution in [2.45, 2.75) is 0 Å². The third-order valence-corrected chi connectivity index (χ3v) is 18.0. The van der Waals surface area contributed by atoms with Crippen molar-refractivity contribution in [3.05, 3.63) is 218 Å². The van der Waals surface area contributed by atoms with Gasteiger partial charge in [-0.2, -0.15) is 0 Å². The van der Waals surface area contributed by atoms with E-state index in [2.05, 4.69) is 227 Å². The molecule has 17 aromatic rings. The van der Waals surface area contributed by atoms with Crippen molar-refractivity contribution in [1.82, 2.24) is 8.80 Å². The molecule has 6 heterocycles. The predicted molar refractivity (Wildman–Crippen MR) is 303 cm³/mol. The Labute approximate surface area is 408 Å². The van der Waals surface area contributed by atoms with Gasteiger partial charge in [0.2, 0.25) is 0 Å². The lowest BCUT2D eigenvalue weighted by atomic mass is 9.90. The van der Waals surface area contributed by atoms with E-state index < -0.39 is 0 Å². The van der Waals surface area contributed by atoms with Gasteiger partial charge in [-0.05, 0) is 80.9 Å². The summed E-state index contributed by atoms with van der Waals surface area (Å²) in [5, 5.41) is 15.7. The van der Waals surface area contributed by atoms with E-state index >= 15 is 0 Å². The van der Waals surface area contributed by atoms with Gasteiger partial charge in [0.1, 0.15) is 0 Å². The molecule has 0 spiro atoms. The van der Waals surface area contributed by atoms with Crippen LogP contribution >= 0.6 is 22.7 Å². The van der Waals surface area contributed by atoms with Gasteiger partial charge in [0.05, 0.1) is 33.1 Å². The zero-order valence-electron chi connectivity index (χ0n) is 37.5. The first-order valence-electron chi connectivity index (χ1n) is 24.1. The maximum atomic E-state index is 2.62. The van der Waals surface area contributed by atoms with E-state index in [0.717, 1.165) is 0 Å². The highest BCUT2D eigenvalue weighted by atomic mass is 32.1. The van der Waals surface area contributed by atoms with Crippen LogP contribution in [0.5, 0.6) is 0 Å². The fraction of sp³-hybridized carbons (Fsp3) is 0. The molecule has 70 heavy (non-hydrogen) atoms. The Balaban J connectivity index is 1.09. The quantitative estimate of drug-likeness (QED) is 0.166. The van der Waals surface area contributed by atoms with Crippen LogP contribution in [-0.4, -0.2) is 8.80 Å². The second-order valence-electron chi connectivity index (χ2n) is 19.0. The van der Waals surface area contributed by atoms with Crippen molar-refractivity contribution in [2.75, 3.05) is 0 Å². The molecule has 0 N–H and O–H groups in total. The van der Waals surface area contributed by atoms with Crippen molar-refractivity contribution in [2.24, 2.45) is 0 Å². The van der Waals surface area contributed by atoms with Crippen LogP contribution in [0.4, 0.5) is 0 Å². The average molecular weight is 921 g/mol. The minimum absolute atomic E-state index is 1.22. The fourth-order valence-electron chi connectivity index (χ4n) is 12.8. The maximum absolute atomic E-state index is 2.62. The van der Waals surface area contributed by atoms with Crippen LogP contribution in [0.15, 0.2) is 218 Å². The molecule has 322 valence electrons. The van der Waals surface area contributed by atoms with Gasteiger partial charge in [0.15, 0.2) is 0 Å². The zero-order valence-corrected chi connectivity index (χ0v) is 39.1. The molecule has 0 atom stereocenters. The van der Waals surface area contributed by atoms with Crippen LogP contribution in [-0.2, 0) is 0 Å². The molecule has 17 rings (SSSR count). The summed E-state index contributed by atoms with van der Waals surface area (Å²) in [5.74, 6) is 0. The van der Waals surface area contributed by atoms with Gasteiger partial charge in [0, 0.05) is 83.4 Å². The normalized spacial score (nSPS) is 12.6. The van der Waals surface area contributed by atoms with Crippen LogP contribution in [0.3, 0.4) is 0 Å². The van der Waals surface area contributed by atoms with Crippen molar-refractivity contribution >= 4 is 139 Å². The summed E-state index contributed by atoms with van der Waals surface area (Å²) in [7, 11) is 0. The standard InChI is InChI=1S/C66H36N2S2/c1-3-15-37(16-4-1)39-19-7-9-21-41(39)45-27-29-49-61-53(33-31-47-43-23-11-13-25-57(43)69-65(47)61)67-55-36-52-56(35-51(55)59(45)63(49)67)68-54-34-32-48-44-24-12-14-26-58(44)70-66(48)62(54)50-30-28-46(60(52)64(50)68)42-22-10-8-20-40(42)38-17-5-2-6-18-38/h1-36H. The number of hydrogen-bond acceptors (Lipinski definition) is 2. The summed E-state index contributed by atoms with van der Waals surface area (Å²) in [5.41, 5.74) is 17.5. The molecule has 0 saturated heterocycles. The number of thiophene rings is 2. The van der Waals surface area contributed by atoms with Gasteiger partial charge < -0.3 is 8.80 Å². The van der Waals surface area contributed by atoms with E-state index in [1.54, 1.807) is 0 Å². The first kappa shape index (κ1) is 37.4. The van der Waals surface area contributed by atoms with Gasteiger partial charge in [-0.3, -0.25) is 0 Å². The first-order valence-corrected chi connectivity index (χ1v) is 25.7. The third-order valence-electron chi connectivity index (χ3n) is 15.6.